The van der Waals surface area contributed by atoms with Crippen molar-refractivity contribution in [1.29, 1.82) is 0 Å². The molecule has 92 valence electrons. The lowest BCUT2D eigenvalue weighted by Crippen LogP contribution is -2.11. The van der Waals surface area contributed by atoms with Crippen LogP contribution in [0.5, 0.6) is 0 Å². The lowest BCUT2D eigenvalue weighted by atomic mass is 9.97. The maximum atomic E-state index is 9.71. The monoisotopic (exact) mass is 216 g/mol. The molecule has 2 nitrogen and oxygen atoms in total. The molecule has 2 unspecified atom stereocenters. The van der Waals surface area contributed by atoms with Crippen molar-refractivity contribution < 1.29 is 10.2 Å². The summed E-state index contributed by atoms with van der Waals surface area (Å²) in [5.41, 5.74) is 0. The second-order valence-electron chi connectivity index (χ2n) is 4.54. The average Bonchev–Trinajstić information content (AvgIpc) is 2.26. The van der Waals surface area contributed by atoms with Crippen molar-refractivity contribution >= 4 is 0 Å². The molecule has 0 amide bonds. The molecule has 0 fully saturated rings. The van der Waals surface area contributed by atoms with Gasteiger partial charge in [0.15, 0.2) is 0 Å². The summed E-state index contributed by atoms with van der Waals surface area (Å²) in [5, 5.41) is 18.7. The zero-order chi connectivity index (χ0) is 11.5. The first-order valence-corrected chi connectivity index (χ1v) is 6.53. The van der Waals surface area contributed by atoms with Crippen molar-refractivity contribution in [3.05, 3.63) is 0 Å². The van der Waals surface area contributed by atoms with E-state index in [1.807, 2.05) is 0 Å². The molecule has 0 aromatic heterocycles. The number of hydrogen-bond acceptors (Lipinski definition) is 2. The van der Waals surface area contributed by atoms with Gasteiger partial charge in [-0.25, -0.2) is 0 Å². The van der Waals surface area contributed by atoms with Gasteiger partial charge >= 0.3 is 0 Å². The molecule has 0 heterocycles. The van der Waals surface area contributed by atoms with Gasteiger partial charge in [-0.3, -0.25) is 0 Å². The molecule has 15 heavy (non-hydrogen) atoms. The van der Waals surface area contributed by atoms with Gasteiger partial charge in [0, 0.05) is 6.61 Å². The van der Waals surface area contributed by atoms with Crippen LogP contribution in [0.4, 0.5) is 0 Å². The Hall–Kier alpha value is -0.0800. The Morgan fingerprint density at radius 3 is 2.20 bits per heavy atom. The highest BCUT2D eigenvalue weighted by Gasteiger charge is 2.09. The van der Waals surface area contributed by atoms with E-state index in [1.165, 1.54) is 19.3 Å². The largest absolute Gasteiger partial charge is 0.396 e. The third kappa shape index (κ3) is 8.88. The molecular weight excluding hydrogens is 188 g/mol. The molecule has 0 aromatic rings. The van der Waals surface area contributed by atoms with E-state index < -0.39 is 0 Å². The summed E-state index contributed by atoms with van der Waals surface area (Å²) in [6.07, 6.45) is 8.52. The molecular formula is C13H28O2. The number of unbranched alkanes of at least 4 members (excludes halogenated alkanes) is 3. The van der Waals surface area contributed by atoms with Crippen molar-refractivity contribution in [2.24, 2.45) is 5.92 Å². The Bertz CT molecular complexity index is 122. The molecule has 2 N–H and O–H groups in total. The third-order valence-corrected chi connectivity index (χ3v) is 3.13. The summed E-state index contributed by atoms with van der Waals surface area (Å²) in [6.45, 7) is 4.55. The molecule has 0 bridgehead atoms. The van der Waals surface area contributed by atoms with Crippen LogP contribution in [0, 0.1) is 5.92 Å². The predicted molar refractivity (Wildman–Crippen MR) is 64.9 cm³/mol. The Balaban J connectivity index is 3.35. The fourth-order valence-electron chi connectivity index (χ4n) is 1.80. The van der Waals surface area contributed by atoms with Crippen molar-refractivity contribution in [3.8, 4) is 0 Å². The highest BCUT2D eigenvalue weighted by molar-refractivity contribution is 4.61. The number of rotatable bonds is 10. The third-order valence-electron chi connectivity index (χ3n) is 3.13. The molecule has 2 atom stereocenters. The van der Waals surface area contributed by atoms with E-state index >= 15 is 0 Å². The first kappa shape index (κ1) is 14.9. The van der Waals surface area contributed by atoms with Crippen LogP contribution in [0.3, 0.4) is 0 Å². The van der Waals surface area contributed by atoms with E-state index in [4.69, 9.17) is 5.11 Å². The van der Waals surface area contributed by atoms with Gasteiger partial charge in [-0.2, -0.15) is 0 Å². The van der Waals surface area contributed by atoms with Crippen LogP contribution in [-0.4, -0.2) is 22.9 Å². The van der Waals surface area contributed by atoms with Gasteiger partial charge in [0.05, 0.1) is 6.10 Å². The molecule has 0 rings (SSSR count). The summed E-state index contributed by atoms with van der Waals surface area (Å²) >= 11 is 0. The summed E-state index contributed by atoms with van der Waals surface area (Å²) in [5.74, 6) is 0.385. The SMILES string of the molecule is CCCCCCC(O)CCC(CC)CO. The predicted octanol–water partition coefficient (Wildman–Crippen LogP) is 3.12. The van der Waals surface area contributed by atoms with Crippen LogP contribution in [0.25, 0.3) is 0 Å². The molecule has 0 saturated heterocycles. The molecule has 0 saturated carbocycles. The van der Waals surface area contributed by atoms with E-state index in [1.54, 1.807) is 0 Å². The van der Waals surface area contributed by atoms with E-state index in [0.717, 1.165) is 32.1 Å². The summed E-state index contributed by atoms with van der Waals surface area (Å²) in [6, 6.07) is 0. The minimum atomic E-state index is -0.151. The van der Waals surface area contributed by atoms with Gasteiger partial charge < -0.3 is 10.2 Å². The standard InChI is InChI=1S/C13H28O2/c1-3-5-6-7-8-13(15)10-9-12(4-2)11-14/h12-15H,3-11H2,1-2H3. The Morgan fingerprint density at radius 1 is 0.933 bits per heavy atom. The minimum Gasteiger partial charge on any atom is -0.396 e. The Labute approximate surface area is 94.7 Å². The second kappa shape index (κ2) is 10.4. The van der Waals surface area contributed by atoms with E-state index in [0.29, 0.717) is 5.92 Å². The van der Waals surface area contributed by atoms with Gasteiger partial charge in [0.1, 0.15) is 0 Å². The maximum Gasteiger partial charge on any atom is 0.0540 e. The van der Waals surface area contributed by atoms with Crippen LogP contribution < -0.4 is 0 Å². The van der Waals surface area contributed by atoms with Gasteiger partial charge in [-0.1, -0.05) is 46.0 Å². The number of aliphatic hydroxyl groups is 2. The van der Waals surface area contributed by atoms with Crippen molar-refractivity contribution in [1.82, 2.24) is 0 Å². The quantitative estimate of drug-likeness (QED) is 0.551. The zero-order valence-electron chi connectivity index (χ0n) is 10.4. The van der Waals surface area contributed by atoms with Crippen LogP contribution in [0.15, 0.2) is 0 Å². The zero-order valence-corrected chi connectivity index (χ0v) is 10.4. The van der Waals surface area contributed by atoms with E-state index in [-0.39, 0.29) is 12.7 Å². The molecule has 0 aromatic carbocycles. The number of hydrogen-bond donors (Lipinski definition) is 2. The van der Waals surface area contributed by atoms with Crippen molar-refractivity contribution in [2.45, 2.75) is 71.3 Å². The summed E-state index contributed by atoms with van der Waals surface area (Å²) < 4.78 is 0. The lowest BCUT2D eigenvalue weighted by Gasteiger charge is -2.14. The fourth-order valence-corrected chi connectivity index (χ4v) is 1.80. The van der Waals surface area contributed by atoms with Crippen LogP contribution in [0.2, 0.25) is 0 Å². The molecule has 0 spiro atoms. The Morgan fingerprint density at radius 2 is 1.67 bits per heavy atom. The summed E-state index contributed by atoms with van der Waals surface area (Å²) in [4.78, 5) is 0. The van der Waals surface area contributed by atoms with Crippen molar-refractivity contribution in [3.63, 3.8) is 0 Å². The van der Waals surface area contributed by atoms with Crippen molar-refractivity contribution in [2.75, 3.05) is 6.61 Å². The summed E-state index contributed by atoms with van der Waals surface area (Å²) in [7, 11) is 0. The topological polar surface area (TPSA) is 40.5 Å². The number of aliphatic hydroxyl groups excluding tert-OH is 2. The van der Waals surface area contributed by atoms with Crippen LogP contribution >= 0.6 is 0 Å². The first-order valence-electron chi connectivity index (χ1n) is 6.53. The highest BCUT2D eigenvalue weighted by Crippen LogP contribution is 2.15. The first-order chi connectivity index (χ1) is 7.24. The highest BCUT2D eigenvalue weighted by atomic mass is 16.3. The van der Waals surface area contributed by atoms with E-state index in [9.17, 15) is 5.11 Å². The minimum absolute atomic E-state index is 0.151. The second-order valence-corrected chi connectivity index (χ2v) is 4.54. The van der Waals surface area contributed by atoms with Gasteiger partial charge in [0.2, 0.25) is 0 Å². The molecule has 2 heteroatoms. The molecule has 0 aliphatic carbocycles. The Kier molecular flexibility index (Phi) is 10.4. The van der Waals surface area contributed by atoms with Crippen LogP contribution in [0.1, 0.15) is 65.2 Å². The lowest BCUT2D eigenvalue weighted by molar-refractivity contribution is 0.129. The maximum absolute atomic E-state index is 9.71. The smallest absolute Gasteiger partial charge is 0.0540 e. The molecule has 0 radical (unpaired) electrons. The average molecular weight is 216 g/mol. The van der Waals surface area contributed by atoms with Crippen LogP contribution in [-0.2, 0) is 0 Å². The fraction of sp³-hybridized carbons (Fsp3) is 1.00. The van der Waals surface area contributed by atoms with Gasteiger partial charge in [-0.15, -0.1) is 0 Å². The van der Waals surface area contributed by atoms with E-state index in [2.05, 4.69) is 13.8 Å². The molecule has 0 aliphatic heterocycles. The van der Waals surface area contributed by atoms with Gasteiger partial charge in [0.25, 0.3) is 0 Å². The normalized spacial score (nSPS) is 15.2. The van der Waals surface area contributed by atoms with Gasteiger partial charge in [-0.05, 0) is 25.2 Å². The molecule has 0 aliphatic rings.